The van der Waals surface area contributed by atoms with E-state index >= 15 is 0 Å². The van der Waals surface area contributed by atoms with E-state index in [4.69, 9.17) is 4.74 Å². The molecule has 0 unspecified atom stereocenters. The Morgan fingerprint density at radius 1 is 1.25 bits per heavy atom. The molecule has 0 aliphatic carbocycles. The van der Waals surface area contributed by atoms with Crippen LogP contribution in [0.3, 0.4) is 0 Å². The van der Waals surface area contributed by atoms with Gasteiger partial charge in [-0.05, 0) is 27.2 Å². The average molecular weight is 283 g/mol. The minimum atomic E-state index is -0.829. The van der Waals surface area contributed by atoms with Gasteiger partial charge in [-0.2, -0.15) is 15.0 Å². The molecule has 2 N–H and O–H groups in total. The van der Waals surface area contributed by atoms with Gasteiger partial charge in [-0.25, -0.2) is 0 Å². The third kappa shape index (κ3) is 5.56. The molecule has 7 heteroatoms. The molecule has 0 atom stereocenters. The minimum absolute atomic E-state index is 0.301. The maximum Gasteiger partial charge on any atom is 0.323 e. The number of nitrogens with one attached hydrogen (secondary N) is 1. The molecule has 0 saturated carbocycles. The summed E-state index contributed by atoms with van der Waals surface area (Å²) in [5.74, 6) is 0.954. The average Bonchev–Trinajstić information content (AvgIpc) is 2.34. The standard InChI is InChI=1S/C13H25N5O2/c1-6-8-20-12-16-10(14-7-2)15-11(17-12)18(5)9-13(3,4)19/h19H,6-9H2,1-5H3,(H,14,15,16,17). The fraction of sp³-hybridized carbons (Fsp3) is 0.769. The van der Waals surface area contributed by atoms with E-state index < -0.39 is 5.60 Å². The van der Waals surface area contributed by atoms with Crippen molar-refractivity contribution >= 4 is 11.9 Å². The van der Waals surface area contributed by atoms with Crippen LogP contribution in [0.25, 0.3) is 0 Å². The van der Waals surface area contributed by atoms with Crippen molar-refractivity contribution in [3.8, 4) is 6.01 Å². The van der Waals surface area contributed by atoms with Crippen molar-refractivity contribution in [1.82, 2.24) is 15.0 Å². The normalized spacial score (nSPS) is 11.3. The molecule has 0 fully saturated rings. The second kappa shape index (κ2) is 7.23. The highest BCUT2D eigenvalue weighted by atomic mass is 16.5. The third-order valence-corrected chi connectivity index (χ3v) is 2.34. The zero-order valence-electron chi connectivity index (χ0n) is 13.0. The Hall–Kier alpha value is -1.63. The number of likely N-dealkylation sites (N-methyl/N-ethyl adjacent to an activating group) is 1. The van der Waals surface area contributed by atoms with Crippen LogP contribution < -0.4 is 15.0 Å². The van der Waals surface area contributed by atoms with Gasteiger partial charge < -0.3 is 20.1 Å². The van der Waals surface area contributed by atoms with Crippen LogP contribution >= 0.6 is 0 Å². The number of hydrogen-bond donors (Lipinski definition) is 2. The zero-order chi connectivity index (χ0) is 15.2. The van der Waals surface area contributed by atoms with Crippen LogP contribution in [0.2, 0.25) is 0 Å². The Bertz CT molecular complexity index is 420. The number of aromatic nitrogens is 3. The first-order valence-electron chi connectivity index (χ1n) is 6.92. The Balaban J connectivity index is 2.95. The SMILES string of the molecule is CCCOc1nc(NCC)nc(N(C)CC(C)(C)O)n1. The van der Waals surface area contributed by atoms with Gasteiger partial charge in [-0.15, -0.1) is 0 Å². The number of ether oxygens (including phenoxy) is 1. The summed E-state index contributed by atoms with van der Waals surface area (Å²) >= 11 is 0. The number of rotatable bonds is 8. The molecular formula is C13H25N5O2. The third-order valence-electron chi connectivity index (χ3n) is 2.34. The van der Waals surface area contributed by atoms with Gasteiger partial charge in [0.05, 0.1) is 12.2 Å². The lowest BCUT2D eigenvalue weighted by Gasteiger charge is -2.25. The van der Waals surface area contributed by atoms with Crippen molar-refractivity contribution < 1.29 is 9.84 Å². The van der Waals surface area contributed by atoms with Crippen LogP contribution in [-0.4, -0.2) is 52.4 Å². The summed E-state index contributed by atoms with van der Waals surface area (Å²) in [5.41, 5.74) is -0.829. The summed E-state index contributed by atoms with van der Waals surface area (Å²) in [7, 11) is 1.83. The monoisotopic (exact) mass is 283 g/mol. The molecule has 0 aromatic carbocycles. The highest BCUT2D eigenvalue weighted by molar-refractivity contribution is 5.38. The largest absolute Gasteiger partial charge is 0.463 e. The van der Waals surface area contributed by atoms with Crippen molar-refractivity contribution in [2.45, 2.75) is 39.7 Å². The van der Waals surface area contributed by atoms with E-state index in [-0.39, 0.29) is 0 Å². The van der Waals surface area contributed by atoms with E-state index in [1.807, 2.05) is 20.9 Å². The number of aliphatic hydroxyl groups is 1. The van der Waals surface area contributed by atoms with Crippen molar-refractivity contribution in [3.05, 3.63) is 0 Å². The van der Waals surface area contributed by atoms with E-state index in [0.717, 1.165) is 6.42 Å². The van der Waals surface area contributed by atoms with Gasteiger partial charge in [0.15, 0.2) is 0 Å². The first kappa shape index (κ1) is 16.4. The van der Waals surface area contributed by atoms with E-state index in [2.05, 4.69) is 20.3 Å². The number of nitrogens with zero attached hydrogens (tertiary/aromatic N) is 4. The number of hydrogen-bond acceptors (Lipinski definition) is 7. The van der Waals surface area contributed by atoms with Gasteiger partial charge >= 0.3 is 6.01 Å². The summed E-state index contributed by atoms with van der Waals surface area (Å²) in [6, 6.07) is 0.301. The maximum absolute atomic E-state index is 9.87. The van der Waals surface area contributed by atoms with E-state index in [0.29, 0.717) is 37.6 Å². The summed E-state index contributed by atoms with van der Waals surface area (Å²) in [6.07, 6.45) is 0.886. The lowest BCUT2D eigenvalue weighted by Crippen LogP contribution is -2.37. The van der Waals surface area contributed by atoms with Crippen molar-refractivity contribution in [3.63, 3.8) is 0 Å². The van der Waals surface area contributed by atoms with Gasteiger partial charge in [0.1, 0.15) is 0 Å². The highest BCUT2D eigenvalue weighted by Crippen LogP contribution is 2.16. The molecule has 0 spiro atoms. The Morgan fingerprint density at radius 2 is 1.95 bits per heavy atom. The topological polar surface area (TPSA) is 83.4 Å². The fourth-order valence-electron chi connectivity index (χ4n) is 1.66. The lowest BCUT2D eigenvalue weighted by molar-refractivity contribution is 0.0882. The number of anilines is 2. The molecule has 0 amide bonds. The second-order valence-corrected chi connectivity index (χ2v) is 5.29. The molecule has 1 heterocycles. The maximum atomic E-state index is 9.87. The van der Waals surface area contributed by atoms with Crippen LogP contribution in [0.4, 0.5) is 11.9 Å². The Kier molecular flexibility index (Phi) is 5.94. The fourth-order valence-corrected chi connectivity index (χ4v) is 1.66. The Morgan fingerprint density at radius 3 is 2.50 bits per heavy atom. The van der Waals surface area contributed by atoms with Crippen LogP contribution in [0.1, 0.15) is 34.1 Å². The van der Waals surface area contributed by atoms with Gasteiger partial charge in [-0.1, -0.05) is 6.92 Å². The van der Waals surface area contributed by atoms with Crippen molar-refractivity contribution in [2.75, 3.05) is 37.0 Å². The molecule has 0 saturated heterocycles. The molecule has 20 heavy (non-hydrogen) atoms. The first-order chi connectivity index (χ1) is 9.35. The molecule has 1 aromatic rings. The van der Waals surface area contributed by atoms with Crippen molar-refractivity contribution in [1.29, 1.82) is 0 Å². The lowest BCUT2D eigenvalue weighted by atomic mass is 10.1. The van der Waals surface area contributed by atoms with Crippen LogP contribution in [-0.2, 0) is 0 Å². The zero-order valence-corrected chi connectivity index (χ0v) is 13.0. The van der Waals surface area contributed by atoms with Gasteiger partial charge in [0.25, 0.3) is 0 Å². The summed E-state index contributed by atoms with van der Waals surface area (Å²) in [6.45, 7) is 9.16. The second-order valence-electron chi connectivity index (χ2n) is 5.29. The molecule has 1 rings (SSSR count). The van der Waals surface area contributed by atoms with Gasteiger partial charge in [0.2, 0.25) is 11.9 Å². The van der Waals surface area contributed by atoms with Crippen LogP contribution in [0.5, 0.6) is 6.01 Å². The predicted octanol–water partition coefficient (Wildman–Crippen LogP) is 1.30. The molecule has 0 aliphatic rings. The summed E-state index contributed by atoms with van der Waals surface area (Å²) in [5, 5.41) is 12.9. The van der Waals surface area contributed by atoms with E-state index in [9.17, 15) is 5.11 Å². The molecular weight excluding hydrogens is 258 g/mol. The van der Waals surface area contributed by atoms with Gasteiger partial charge in [0, 0.05) is 20.1 Å². The van der Waals surface area contributed by atoms with Crippen molar-refractivity contribution in [2.24, 2.45) is 0 Å². The molecule has 0 aliphatic heterocycles. The molecule has 1 aromatic heterocycles. The molecule has 0 bridgehead atoms. The first-order valence-corrected chi connectivity index (χ1v) is 6.92. The Labute approximate surface area is 120 Å². The van der Waals surface area contributed by atoms with Crippen LogP contribution in [0, 0.1) is 0 Å². The molecule has 0 radical (unpaired) electrons. The molecule has 7 nitrogen and oxygen atoms in total. The van der Waals surface area contributed by atoms with E-state index in [1.165, 1.54) is 0 Å². The highest BCUT2D eigenvalue weighted by Gasteiger charge is 2.19. The summed E-state index contributed by atoms with van der Waals surface area (Å²) in [4.78, 5) is 14.6. The predicted molar refractivity (Wildman–Crippen MR) is 79.3 cm³/mol. The van der Waals surface area contributed by atoms with Gasteiger partial charge in [-0.3, -0.25) is 0 Å². The quantitative estimate of drug-likeness (QED) is 0.744. The smallest absolute Gasteiger partial charge is 0.323 e. The van der Waals surface area contributed by atoms with E-state index in [1.54, 1.807) is 18.7 Å². The minimum Gasteiger partial charge on any atom is -0.463 e. The molecule has 114 valence electrons. The van der Waals surface area contributed by atoms with Crippen LogP contribution in [0.15, 0.2) is 0 Å². The summed E-state index contributed by atoms with van der Waals surface area (Å²) < 4.78 is 5.47.